The number of ether oxygens (including phenoxy) is 1. The van der Waals surface area contributed by atoms with Crippen LogP contribution in [-0.2, 0) is 19.1 Å². The molecule has 1 unspecified atom stereocenters. The summed E-state index contributed by atoms with van der Waals surface area (Å²) in [5.74, 6) is -1.77. The summed E-state index contributed by atoms with van der Waals surface area (Å²) in [5.41, 5.74) is -2.10. The van der Waals surface area contributed by atoms with Crippen molar-refractivity contribution in [3.63, 3.8) is 0 Å². The minimum absolute atomic E-state index is 0.0884. The molecule has 0 bridgehead atoms. The molecule has 4 heterocycles. The Labute approximate surface area is 202 Å². The van der Waals surface area contributed by atoms with Crippen molar-refractivity contribution in [3.05, 3.63) is 24.3 Å². The molecule has 34 heavy (non-hydrogen) atoms. The Balaban J connectivity index is 1.73. The molecular weight excluding hydrogens is 434 g/mol. The number of rotatable bonds is 9. The molecule has 2 saturated heterocycles. The molecule has 0 saturated carbocycles. The number of carbonyl (C=O) groups excluding carboxylic acids is 3. The lowest BCUT2D eigenvalue weighted by Crippen LogP contribution is -2.56. The van der Waals surface area contributed by atoms with E-state index in [0.717, 1.165) is 38.5 Å². The maximum Gasteiger partial charge on any atom is 0.249 e. The van der Waals surface area contributed by atoms with E-state index in [0.29, 0.717) is 26.2 Å². The zero-order valence-electron chi connectivity index (χ0n) is 20.7. The molecule has 0 aromatic rings. The van der Waals surface area contributed by atoms with E-state index < -0.39 is 29.1 Å². The first-order valence-electron chi connectivity index (χ1n) is 12.8. The van der Waals surface area contributed by atoms with Crippen molar-refractivity contribution in [2.75, 3.05) is 39.8 Å². The number of hydrogen-bond acceptors (Lipinski definition) is 5. The molecule has 1 spiro atoms. The van der Waals surface area contributed by atoms with Gasteiger partial charge in [-0.1, -0.05) is 50.5 Å². The molecule has 1 N–H and O–H groups in total. The molecule has 8 heteroatoms. The predicted octanol–water partition coefficient (Wildman–Crippen LogP) is 1.74. The molecule has 2 fully saturated rings. The molecule has 4 aliphatic rings. The number of nitrogens with zero attached hydrogens (tertiary/aromatic N) is 3. The number of likely N-dealkylation sites (N-methyl/N-ethyl adjacent to an activating group) is 1. The Kier molecular flexibility index (Phi) is 7.20. The fourth-order valence-electron chi connectivity index (χ4n) is 6.23. The number of amides is 3. The highest BCUT2D eigenvalue weighted by molar-refractivity contribution is 6.00. The van der Waals surface area contributed by atoms with Gasteiger partial charge in [0.15, 0.2) is 0 Å². The summed E-state index contributed by atoms with van der Waals surface area (Å²) in [6.07, 6.45) is 12.8. The van der Waals surface area contributed by atoms with Crippen LogP contribution in [0.4, 0.5) is 0 Å². The molecule has 3 amide bonds. The van der Waals surface area contributed by atoms with E-state index in [1.54, 1.807) is 16.8 Å². The fraction of sp³-hybridized carbons (Fsp3) is 0.731. The van der Waals surface area contributed by atoms with Gasteiger partial charge in [-0.05, 0) is 26.2 Å². The van der Waals surface area contributed by atoms with Crippen molar-refractivity contribution in [3.8, 4) is 0 Å². The molecule has 0 aromatic heterocycles. The number of unbranched alkanes of at least 4 members (excludes halogenated alkanes) is 4. The minimum Gasteiger partial charge on any atom is -0.396 e. The monoisotopic (exact) mass is 473 g/mol. The first kappa shape index (κ1) is 24.9. The first-order valence-corrected chi connectivity index (χ1v) is 12.8. The highest BCUT2D eigenvalue weighted by atomic mass is 16.5. The predicted molar refractivity (Wildman–Crippen MR) is 128 cm³/mol. The van der Waals surface area contributed by atoms with Crippen LogP contribution in [0.2, 0.25) is 0 Å². The van der Waals surface area contributed by atoms with Crippen molar-refractivity contribution in [1.82, 2.24) is 14.7 Å². The van der Waals surface area contributed by atoms with Gasteiger partial charge in [-0.25, -0.2) is 0 Å². The van der Waals surface area contributed by atoms with Crippen LogP contribution in [0.5, 0.6) is 0 Å². The van der Waals surface area contributed by atoms with Crippen molar-refractivity contribution >= 4 is 17.7 Å². The summed E-state index contributed by atoms with van der Waals surface area (Å²) in [7, 11) is 1.75. The van der Waals surface area contributed by atoms with Crippen LogP contribution in [0.25, 0.3) is 0 Å². The largest absolute Gasteiger partial charge is 0.396 e. The maximum absolute atomic E-state index is 14.0. The van der Waals surface area contributed by atoms with Crippen molar-refractivity contribution in [2.24, 2.45) is 11.8 Å². The zero-order valence-corrected chi connectivity index (χ0v) is 20.7. The zero-order chi connectivity index (χ0) is 24.5. The van der Waals surface area contributed by atoms with Gasteiger partial charge in [0.05, 0.1) is 17.4 Å². The number of fused-ring (bicyclic) bond motifs is 2. The van der Waals surface area contributed by atoms with Crippen LogP contribution in [0, 0.1) is 11.8 Å². The normalized spacial score (nSPS) is 34.9. The van der Waals surface area contributed by atoms with E-state index >= 15 is 0 Å². The van der Waals surface area contributed by atoms with E-state index in [4.69, 9.17) is 9.84 Å². The highest BCUT2D eigenvalue weighted by Gasteiger charge is 2.74. The van der Waals surface area contributed by atoms with Gasteiger partial charge in [0.25, 0.3) is 0 Å². The Morgan fingerprint density at radius 2 is 1.68 bits per heavy atom. The van der Waals surface area contributed by atoms with Crippen LogP contribution in [-0.4, -0.2) is 94.6 Å². The first-order chi connectivity index (χ1) is 16.3. The second kappa shape index (κ2) is 9.82. The van der Waals surface area contributed by atoms with Crippen LogP contribution in [0.15, 0.2) is 24.3 Å². The average molecular weight is 474 g/mol. The molecular formula is C26H39N3O5. The van der Waals surface area contributed by atoms with Gasteiger partial charge in [0, 0.05) is 39.8 Å². The number of likely N-dealkylation sites (tertiary alicyclic amines) is 1. The summed E-state index contributed by atoms with van der Waals surface area (Å²) >= 11 is 0. The van der Waals surface area contributed by atoms with Crippen molar-refractivity contribution in [1.29, 1.82) is 0 Å². The van der Waals surface area contributed by atoms with Gasteiger partial charge >= 0.3 is 0 Å². The number of aliphatic hydroxyl groups excluding tert-OH is 1. The lowest BCUT2D eigenvalue weighted by atomic mass is 9.74. The van der Waals surface area contributed by atoms with Crippen LogP contribution in [0.1, 0.15) is 52.4 Å². The Morgan fingerprint density at radius 3 is 2.41 bits per heavy atom. The summed E-state index contributed by atoms with van der Waals surface area (Å²) in [5, 5.41) is 9.07. The average Bonchev–Trinajstić information content (AvgIpc) is 3.08. The van der Waals surface area contributed by atoms with Gasteiger partial charge in [-0.3, -0.25) is 14.4 Å². The SMILES string of the molecule is CCCCN1CC=C[C@]23O[C@]4(C)C=CCN(C)C(=O)[C@@H]4[C@H]2C(=O)N(CCCCCCO)C3C1=O. The van der Waals surface area contributed by atoms with E-state index in [9.17, 15) is 14.4 Å². The van der Waals surface area contributed by atoms with Crippen molar-refractivity contribution in [2.45, 2.75) is 69.6 Å². The third-order valence-corrected chi connectivity index (χ3v) is 7.93. The summed E-state index contributed by atoms with van der Waals surface area (Å²) in [6, 6.07) is -0.770. The number of aliphatic hydroxyl groups is 1. The number of carbonyl (C=O) groups is 3. The van der Waals surface area contributed by atoms with E-state index in [1.165, 1.54) is 0 Å². The molecule has 8 nitrogen and oxygen atoms in total. The molecule has 188 valence electrons. The topological polar surface area (TPSA) is 90.4 Å². The summed E-state index contributed by atoms with van der Waals surface area (Å²) in [4.78, 5) is 46.6. The van der Waals surface area contributed by atoms with E-state index in [2.05, 4.69) is 6.92 Å². The highest BCUT2D eigenvalue weighted by Crippen LogP contribution is 2.57. The Morgan fingerprint density at radius 1 is 0.941 bits per heavy atom. The molecule has 4 aliphatic heterocycles. The third kappa shape index (κ3) is 3.98. The van der Waals surface area contributed by atoms with Crippen molar-refractivity contribution < 1.29 is 24.2 Å². The molecule has 5 atom stereocenters. The molecule has 0 aromatic carbocycles. The molecule has 0 aliphatic carbocycles. The lowest BCUT2D eigenvalue weighted by Gasteiger charge is -2.37. The lowest BCUT2D eigenvalue weighted by molar-refractivity contribution is -0.152. The van der Waals surface area contributed by atoms with E-state index in [-0.39, 0.29) is 24.3 Å². The minimum atomic E-state index is -1.15. The van der Waals surface area contributed by atoms with Gasteiger partial charge in [0.2, 0.25) is 17.7 Å². The third-order valence-electron chi connectivity index (χ3n) is 7.93. The van der Waals surface area contributed by atoms with Gasteiger partial charge < -0.3 is 24.5 Å². The summed E-state index contributed by atoms with van der Waals surface area (Å²) < 4.78 is 6.75. The second-order valence-corrected chi connectivity index (χ2v) is 10.3. The quantitative estimate of drug-likeness (QED) is 0.407. The van der Waals surface area contributed by atoms with Gasteiger partial charge in [0.1, 0.15) is 11.6 Å². The van der Waals surface area contributed by atoms with Crippen LogP contribution >= 0.6 is 0 Å². The maximum atomic E-state index is 14.0. The molecule has 4 rings (SSSR count). The second-order valence-electron chi connectivity index (χ2n) is 10.3. The van der Waals surface area contributed by atoms with Gasteiger partial charge in [-0.2, -0.15) is 0 Å². The fourth-order valence-corrected chi connectivity index (χ4v) is 6.23. The molecule has 0 radical (unpaired) electrons. The smallest absolute Gasteiger partial charge is 0.249 e. The Bertz CT molecular complexity index is 872. The van der Waals surface area contributed by atoms with E-state index in [1.807, 2.05) is 36.1 Å². The van der Waals surface area contributed by atoms with Gasteiger partial charge in [-0.15, -0.1) is 0 Å². The Hall–Kier alpha value is -2.19. The van der Waals surface area contributed by atoms with Crippen LogP contribution in [0.3, 0.4) is 0 Å². The standard InChI is InChI=1S/C26H39N3O5/c1-4-5-15-28-16-11-13-26-20(19-22(31)27(3)14-10-12-25(19,2)34-26)23(32)29(21(26)24(28)33)17-8-6-7-9-18-30/h10-13,19-21,30H,4-9,14-18H2,1-3H3/t19-,20-,21?,25+,26-/m0/s1. The summed E-state index contributed by atoms with van der Waals surface area (Å²) in [6.45, 7) is 6.16. The number of hydrogen-bond donors (Lipinski definition) is 1. The van der Waals surface area contributed by atoms with Crippen LogP contribution < -0.4 is 0 Å².